The van der Waals surface area contributed by atoms with Crippen LogP contribution in [-0.4, -0.2) is 13.4 Å². The van der Waals surface area contributed by atoms with Crippen molar-refractivity contribution >= 4 is 63.7 Å². The van der Waals surface area contributed by atoms with Crippen LogP contribution in [0.4, 0.5) is 0 Å². The van der Waals surface area contributed by atoms with Gasteiger partial charge >= 0.3 is 0 Å². The van der Waals surface area contributed by atoms with Crippen molar-refractivity contribution in [2.45, 2.75) is 36.8 Å². The molecule has 2 rings (SSSR count). The van der Waals surface area contributed by atoms with Crippen molar-refractivity contribution in [3.05, 3.63) is 48.6 Å². The molecule has 6 heteroatoms. The van der Waals surface area contributed by atoms with Crippen molar-refractivity contribution < 1.29 is 10.2 Å². The zero-order valence-electron chi connectivity index (χ0n) is 12.6. The first-order chi connectivity index (χ1) is 10.0. The summed E-state index contributed by atoms with van der Waals surface area (Å²) in [5.74, 6) is 0.490. The van der Waals surface area contributed by atoms with Gasteiger partial charge in [-0.3, -0.25) is 0 Å². The molecule has 0 bridgehead atoms. The zero-order valence-corrected chi connectivity index (χ0v) is 18.9. The lowest BCUT2D eigenvalue weighted by atomic mass is 9.83. The Hall–Kier alpha value is 0.220. The maximum atomic E-state index is 10.3. The Morgan fingerprint density at radius 3 is 2.14 bits per heavy atom. The Morgan fingerprint density at radius 1 is 1.05 bits per heavy atom. The molecule has 0 radical (unpaired) electrons. The summed E-state index contributed by atoms with van der Waals surface area (Å²) in [6, 6.07) is 1.97. The minimum atomic E-state index is -0.610. The van der Waals surface area contributed by atoms with Crippen molar-refractivity contribution in [2.75, 3.05) is 0 Å². The number of hydrogen-bond acceptors (Lipinski definition) is 2. The van der Waals surface area contributed by atoms with Gasteiger partial charge in [0, 0.05) is 26.0 Å². The summed E-state index contributed by atoms with van der Waals surface area (Å²) >= 11 is 14.7. The van der Waals surface area contributed by atoms with Crippen LogP contribution in [-0.2, 0) is 0 Å². The number of rotatable bonds is 1. The maximum Gasteiger partial charge on any atom is 0.122 e. The quantitative estimate of drug-likeness (QED) is 0.369. The van der Waals surface area contributed by atoms with Crippen LogP contribution in [0.3, 0.4) is 0 Å². The Balaban J connectivity index is 2.78. The molecule has 0 amide bonds. The molecule has 1 aromatic carbocycles. The summed E-state index contributed by atoms with van der Waals surface area (Å²) < 4.78 is 1.15. The number of aliphatic hydroxyl groups excluding tert-OH is 1. The molecule has 1 aliphatic carbocycles. The molecule has 0 saturated heterocycles. The molecule has 2 N–H and O–H groups in total. The Morgan fingerprint density at radius 2 is 1.59 bits per heavy atom. The number of alkyl halides is 2. The van der Waals surface area contributed by atoms with E-state index in [2.05, 4.69) is 63.7 Å². The third-order valence-corrected chi connectivity index (χ3v) is 8.39. The number of aryl methyl sites for hydroxylation is 1. The van der Waals surface area contributed by atoms with E-state index in [1.807, 2.05) is 33.8 Å². The number of phenolic OH excluding ortho intramolecular Hbond substituents is 1. The van der Waals surface area contributed by atoms with Crippen LogP contribution in [0.5, 0.6) is 5.75 Å². The summed E-state index contributed by atoms with van der Waals surface area (Å²) in [6.45, 7) is 7.55. The summed E-state index contributed by atoms with van der Waals surface area (Å²) in [4.78, 5) is 0. The first kappa shape index (κ1) is 18.6. The number of allylic oxidation sites excluding steroid dienone is 3. The topological polar surface area (TPSA) is 40.5 Å². The van der Waals surface area contributed by atoms with Crippen molar-refractivity contribution in [3.8, 4) is 5.75 Å². The third kappa shape index (κ3) is 2.74. The number of aliphatic hydroxyl groups is 1. The van der Waals surface area contributed by atoms with Gasteiger partial charge in [0.25, 0.3) is 0 Å². The molecule has 0 aliphatic heterocycles. The molecule has 0 aromatic heterocycles. The van der Waals surface area contributed by atoms with Gasteiger partial charge in [-0.1, -0.05) is 69.8 Å². The predicted octanol–water partition coefficient (Wildman–Crippen LogP) is 6.86. The van der Waals surface area contributed by atoms with Gasteiger partial charge in [-0.05, 0) is 44.4 Å². The highest BCUT2D eigenvalue weighted by Crippen LogP contribution is 2.58. The monoisotopic (exact) mass is 556 g/mol. The summed E-state index contributed by atoms with van der Waals surface area (Å²) in [7, 11) is 0. The SMILES string of the molecule is CC1=C(Br)C(c2cc(C)c(O)c(C)c2Br)C(Br)(Br)C(C)=C1O. The largest absolute Gasteiger partial charge is 0.508 e. The highest BCUT2D eigenvalue weighted by Gasteiger charge is 2.45. The fraction of sp³-hybridized carbons (Fsp3) is 0.375. The van der Waals surface area contributed by atoms with Crippen LogP contribution in [0, 0.1) is 13.8 Å². The predicted molar refractivity (Wildman–Crippen MR) is 106 cm³/mol. The Bertz CT molecular complexity index is 717. The first-order valence-corrected chi connectivity index (χ1v) is 9.82. The number of hydrogen-bond donors (Lipinski definition) is 2. The molecule has 2 nitrogen and oxygen atoms in total. The standard InChI is InChI=1S/C16H16Br4O2/c1-6-5-10(12(17)7(2)14(6)21)11-13(18)8(3)15(22)9(4)16(11,19)20/h5,11,21-22H,1-4H3. The second-order valence-corrected chi connectivity index (χ2v) is 10.8. The highest BCUT2D eigenvalue weighted by molar-refractivity contribution is 9.25. The van der Waals surface area contributed by atoms with E-state index in [1.165, 1.54) is 0 Å². The van der Waals surface area contributed by atoms with E-state index >= 15 is 0 Å². The zero-order chi connectivity index (χ0) is 17.0. The number of phenols is 1. The van der Waals surface area contributed by atoms with Crippen molar-refractivity contribution in [3.63, 3.8) is 0 Å². The van der Waals surface area contributed by atoms with Crippen LogP contribution in [0.1, 0.15) is 36.5 Å². The van der Waals surface area contributed by atoms with E-state index in [4.69, 9.17) is 0 Å². The first-order valence-electron chi connectivity index (χ1n) is 6.65. The lowest BCUT2D eigenvalue weighted by Gasteiger charge is -2.38. The average molecular weight is 560 g/mol. The van der Waals surface area contributed by atoms with E-state index < -0.39 is 3.23 Å². The van der Waals surface area contributed by atoms with E-state index in [-0.39, 0.29) is 11.7 Å². The molecule has 0 fully saturated rings. The van der Waals surface area contributed by atoms with Crippen LogP contribution in [0.2, 0.25) is 0 Å². The van der Waals surface area contributed by atoms with E-state index in [0.29, 0.717) is 5.75 Å². The summed E-state index contributed by atoms with van der Waals surface area (Å²) in [5, 5.41) is 20.4. The van der Waals surface area contributed by atoms with Crippen molar-refractivity contribution in [2.24, 2.45) is 0 Å². The van der Waals surface area contributed by atoms with Gasteiger partial charge in [-0.25, -0.2) is 0 Å². The highest BCUT2D eigenvalue weighted by atomic mass is 79.9. The minimum Gasteiger partial charge on any atom is -0.508 e. The summed E-state index contributed by atoms with van der Waals surface area (Å²) in [6.07, 6.45) is 0. The average Bonchev–Trinajstić information content (AvgIpc) is 2.46. The molecule has 0 spiro atoms. The van der Waals surface area contributed by atoms with Gasteiger partial charge < -0.3 is 10.2 Å². The number of halogens is 4. The van der Waals surface area contributed by atoms with Gasteiger partial charge in [0.1, 0.15) is 14.7 Å². The van der Waals surface area contributed by atoms with Gasteiger partial charge in [-0.15, -0.1) is 0 Å². The van der Waals surface area contributed by atoms with Crippen LogP contribution >= 0.6 is 63.7 Å². The second-order valence-electron chi connectivity index (χ2n) is 5.57. The van der Waals surface area contributed by atoms with E-state index in [9.17, 15) is 10.2 Å². The molecule has 0 saturated carbocycles. The fourth-order valence-corrected chi connectivity index (χ4v) is 5.92. The maximum absolute atomic E-state index is 10.3. The summed E-state index contributed by atoms with van der Waals surface area (Å²) in [5.41, 5.74) is 4.28. The molecule has 1 atom stereocenters. The Labute approximate surface area is 164 Å². The number of benzene rings is 1. The van der Waals surface area contributed by atoms with Gasteiger partial charge in [0.05, 0.1) is 0 Å². The van der Waals surface area contributed by atoms with Crippen LogP contribution in [0.15, 0.2) is 31.9 Å². The van der Waals surface area contributed by atoms with Gasteiger partial charge in [0.15, 0.2) is 0 Å². The lowest BCUT2D eigenvalue weighted by molar-refractivity contribution is 0.406. The third-order valence-electron chi connectivity index (χ3n) is 4.18. The Kier molecular flexibility index (Phi) is 5.28. The second kappa shape index (κ2) is 6.26. The molecule has 1 aromatic rings. The van der Waals surface area contributed by atoms with Gasteiger partial charge in [0.2, 0.25) is 0 Å². The van der Waals surface area contributed by atoms with Crippen molar-refractivity contribution in [1.82, 2.24) is 0 Å². The molecular weight excluding hydrogens is 544 g/mol. The van der Waals surface area contributed by atoms with Gasteiger partial charge in [-0.2, -0.15) is 0 Å². The lowest BCUT2D eigenvalue weighted by Crippen LogP contribution is -2.30. The molecule has 0 heterocycles. The molecule has 120 valence electrons. The molecule has 22 heavy (non-hydrogen) atoms. The molecule has 1 unspecified atom stereocenters. The van der Waals surface area contributed by atoms with Crippen LogP contribution < -0.4 is 0 Å². The normalized spacial score (nSPS) is 21.5. The smallest absolute Gasteiger partial charge is 0.122 e. The molecular formula is C16H16Br4O2. The number of aromatic hydroxyl groups is 1. The molecule has 1 aliphatic rings. The fourth-order valence-electron chi connectivity index (χ4n) is 2.67. The van der Waals surface area contributed by atoms with E-state index in [1.54, 1.807) is 0 Å². The van der Waals surface area contributed by atoms with Crippen LogP contribution in [0.25, 0.3) is 0 Å². The van der Waals surface area contributed by atoms with E-state index in [0.717, 1.165) is 36.8 Å². The van der Waals surface area contributed by atoms with Crippen molar-refractivity contribution in [1.29, 1.82) is 0 Å². The minimum absolute atomic E-state index is 0.0872.